The van der Waals surface area contributed by atoms with Gasteiger partial charge < -0.3 is 10.6 Å². The minimum Gasteiger partial charge on any atom is -0.370 e. The number of benzene rings is 1. The van der Waals surface area contributed by atoms with Gasteiger partial charge in [-0.3, -0.25) is 4.99 Å². The van der Waals surface area contributed by atoms with Gasteiger partial charge in [0.05, 0.1) is 0 Å². The van der Waals surface area contributed by atoms with E-state index in [9.17, 15) is 0 Å². The molecule has 1 atom stereocenters. The number of hydrogen-bond donors (Lipinski definition) is 1. The summed E-state index contributed by atoms with van der Waals surface area (Å²) in [6, 6.07) is 8.81. The number of halogens is 1. The Labute approximate surface area is 148 Å². The van der Waals surface area contributed by atoms with Crippen molar-refractivity contribution in [1.29, 1.82) is 0 Å². The third kappa shape index (κ3) is 4.28. The van der Waals surface area contributed by atoms with E-state index in [-0.39, 0.29) is 24.0 Å². The van der Waals surface area contributed by atoms with Crippen LogP contribution in [0.2, 0.25) is 0 Å². The molecule has 2 aliphatic rings. The zero-order valence-corrected chi connectivity index (χ0v) is 15.5. The van der Waals surface area contributed by atoms with E-state index in [2.05, 4.69) is 34.2 Å². The molecule has 1 heterocycles. The summed E-state index contributed by atoms with van der Waals surface area (Å²) in [6.07, 6.45) is 3.73. The second-order valence-corrected chi connectivity index (χ2v) is 6.81. The summed E-state index contributed by atoms with van der Waals surface area (Å²) < 4.78 is 0. The van der Waals surface area contributed by atoms with E-state index >= 15 is 0 Å². The van der Waals surface area contributed by atoms with Gasteiger partial charge in [-0.25, -0.2) is 0 Å². The Balaban J connectivity index is 0.00000161. The van der Waals surface area contributed by atoms with Crippen molar-refractivity contribution in [3.8, 4) is 0 Å². The number of fused-ring (bicyclic) bond motifs is 1. The summed E-state index contributed by atoms with van der Waals surface area (Å²) in [6.45, 7) is 2.93. The minimum absolute atomic E-state index is 0. The molecule has 1 fully saturated rings. The van der Waals surface area contributed by atoms with E-state index in [1.165, 1.54) is 41.9 Å². The van der Waals surface area contributed by atoms with Crippen LogP contribution in [0.4, 0.5) is 0 Å². The van der Waals surface area contributed by atoms with Crippen molar-refractivity contribution >= 4 is 41.7 Å². The van der Waals surface area contributed by atoms with Gasteiger partial charge in [0.15, 0.2) is 5.96 Å². The van der Waals surface area contributed by atoms with Crippen molar-refractivity contribution in [1.82, 2.24) is 4.90 Å². The SMILES string of the molecule is I.NC(=NCC1CCCc2ccccc21)N1CCSCC1. The lowest BCUT2D eigenvalue weighted by atomic mass is 9.83. The van der Waals surface area contributed by atoms with E-state index in [0.29, 0.717) is 5.92 Å². The summed E-state index contributed by atoms with van der Waals surface area (Å²) in [5.41, 5.74) is 9.15. The first-order valence-electron chi connectivity index (χ1n) is 7.55. The maximum Gasteiger partial charge on any atom is 0.191 e. The van der Waals surface area contributed by atoms with Crippen molar-refractivity contribution in [2.75, 3.05) is 31.1 Å². The lowest BCUT2D eigenvalue weighted by Gasteiger charge is -2.28. The number of thioether (sulfide) groups is 1. The molecule has 21 heavy (non-hydrogen) atoms. The highest BCUT2D eigenvalue weighted by molar-refractivity contribution is 14.0. The molecule has 3 nitrogen and oxygen atoms in total. The molecule has 0 bridgehead atoms. The van der Waals surface area contributed by atoms with Gasteiger partial charge in [0, 0.05) is 37.1 Å². The van der Waals surface area contributed by atoms with Crippen molar-refractivity contribution in [3.63, 3.8) is 0 Å². The van der Waals surface area contributed by atoms with Crippen LogP contribution in [-0.2, 0) is 6.42 Å². The fraction of sp³-hybridized carbons (Fsp3) is 0.562. The van der Waals surface area contributed by atoms with Gasteiger partial charge in [0.25, 0.3) is 0 Å². The third-order valence-corrected chi connectivity index (χ3v) is 5.24. The number of aryl methyl sites for hydroxylation is 1. The van der Waals surface area contributed by atoms with Crippen LogP contribution in [0.1, 0.15) is 29.9 Å². The average Bonchev–Trinajstić information content (AvgIpc) is 2.53. The second kappa shape index (κ2) is 8.27. The summed E-state index contributed by atoms with van der Waals surface area (Å²) in [4.78, 5) is 6.91. The normalized spacial score (nSPS) is 22.4. The van der Waals surface area contributed by atoms with Crippen LogP contribution in [0.15, 0.2) is 29.3 Å². The van der Waals surface area contributed by atoms with Crippen molar-refractivity contribution < 1.29 is 0 Å². The minimum atomic E-state index is 0. The van der Waals surface area contributed by atoms with E-state index in [0.717, 1.165) is 25.6 Å². The van der Waals surface area contributed by atoms with E-state index in [1.807, 2.05) is 11.8 Å². The fourth-order valence-corrected chi connectivity index (χ4v) is 4.04. The second-order valence-electron chi connectivity index (χ2n) is 5.59. The molecule has 0 amide bonds. The quantitative estimate of drug-likeness (QED) is 0.457. The summed E-state index contributed by atoms with van der Waals surface area (Å²) in [5.74, 6) is 3.64. The van der Waals surface area contributed by atoms with Crippen LogP contribution in [0.25, 0.3) is 0 Å². The summed E-state index contributed by atoms with van der Waals surface area (Å²) in [7, 11) is 0. The largest absolute Gasteiger partial charge is 0.370 e. The highest BCUT2D eigenvalue weighted by Gasteiger charge is 2.20. The molecule has 2 N–H and O–H groups in total. The molecule has 0 spiro atoms. The highest BCUT2D eigenvalue weighted by Crippen LogP contribution is 2.31. The predicted octanol–water partition coefficient (Wildman–Crippen LogP) is 3.09. The van der Waals surface area contributed by atoms with Crippen LogP contribution >= 0.6 is 35.7 Å². The Bertz CT molecular complexity index is 486. The van der Waals surface area contributed by atoms with E-state index < -0.39 is 0 Å². The van der Waals surface area contributed by atoms with E-state index in [1.54, 1.807) is 0 Å². The molecule has 1 unspecified atom stereocenters. The highest BCUT2D eigenvalue weighted by atomic mass is 127. The lowest BCUT2D eigenvalue weighted by Crippen LogP contribution is -2.42. The first kappa shape index (κ1) is 16.9. The maximum absolute atomic E-state index is 6.15. The van der Waals surface area contributed by atoms with Crippen LogP contribution in [0.5, 0.6) is 0 Å². The number of hydrogen-bond acceptors (Lipinski definition) is 2. The van der Waals surface area contributed by atoms with Gasteiger partial charge in [0.1, 0.15) is 0 Å². The van der Waals surface area contributed by atoms with Gasteiger partial charge in [-0.15, -0.1) is 24.0 Å². The van der Waals surface area contributed by atoms with Gasteiger partial charge in [-0.05, 0) is 30.4 Å². The Kier molecular flexibility index (Phi) is 6.67. The van der Waals surface area contributed by atoms with Crippen molar-refractivity contribution in [2.24, 2.45) is 10.7 Å². The van der Waals surface area contributed by atoms with Crippen LogP contribution in [0.3, 0.4) is 0 Å². The van der Waals surface area contributed by atoms with Gasteiger partial charge in [0.2, 0.25) is 0 Å². The smallest absolute Gasteiger partial charge is 0.191 e. The van der Waals surface area contributed by atoms with Gasteiger partial charge >= 0.3 is 0 Å². The molecule has 1 aromatic carbocycles. The standard InChI is InChI=1S/C16H23N3S.HI/c17-16(19-8-10-20-11-9-19)18-12-14-6-3-5-13-4-1-2-7-15(13)14;/h1-2,4,7,14H,3,5-6,8-12H2,(H2,17,18);1H. The Hall–Kier alpha value is -0.430. The first-order chi connectivity index (χ1) is 9.84. The zero-order valence-electron chi connectivity index (χ0n) is 12.3. The summed E-state index contributed by atoms with van der Waals surface area (Å²) in [5, 5.41) is 0. The molecule has 1 aromatic rings. The predicted molar refractivity (Wildman–Crippen MR) is 103 cm³/mol. The Morgan fingerprint density at radius 3 is 2.86 bits per heavy atom. The molecule has 1 aliphatic heterocycles. The van der Waals surface area contributed by atoms with Crippen LogP contribution in [-0.4, -0.2) is 42.0 Å². The molecule has 5 heteroatoms. The monoisotopic (exact) mass is 417 g/mol. The molecular weight excluding hydrogens is 393 g/mol. The average molecular weight is 417 g/mol. The topological polar surface area (TPSA) is 41.6 Å². The Morgan fingerprint density at radius 2 is 2.05 bits per heavy atom. The third-order valence-electron chi connectivity index (χ3n) is 4.30. The molecule has 1 aliphatic carbocycles. The molecule has 0 radical (unpaired) electrons. The maximum atomic E-state index is 6.15. The number of rotatable bonds is 2. The lowest BCUT2D eigenvalue weighted by molar-refractivity contribution is 0.453. The molecule has 0 saturated carbocycles. The number of nitrogens with two attached hydrogens (primary N) is 1. The molecule has 0 aromatic heterocycles. The zero-order chi connectivity index (χ0) is 13.8. The molecular formula is C16H24IN3S. The Morgan fingerprint density at radius 1 is 1.29 bits per heavy atom. The van der Waals surface area contributed by atoms with E-state index in [4.69, 9.17) is 5.73 Å². The molecule has 1 saturated heterocycles. The first-order valence-corrected chi connectivity index (χ1v) is 8.70. The van der Waals surface area contributed by atoms with Gasteiger partial charge in [-0.2, -0.15) is 11.8 Å². The fourth-order valence-electron chi connectivity index (χ4n) is 3.14. The molecule has 116 valence electrons. The number of aliphatic imine (C=N–C) groups is 1. The molecule has 3 rings (SSSR count). The van der Waals surface area contributed by atoms with Crippen molar-refractivity contribution in [2.45, 2.75) is 25.2 Å². The van der Waals surface area contributed by atoms with Crippen LogP contribution in [0, 0.1) is 0 Å². The summed E-state index contributed by atoms with van der Waals surface area (Å²) >= 11 is 2.00. The number of guanidine groups is 1. The van der Waals surface area contributed by atoms with Gasteiger partial charge in [-0.1, -0.05) is 24.3 Å². The number of nitrogens with zero attached hydrogens (tertiary/aromatic N) is 2. The van der Waals surface area contributed by atoms with Crippen molar-refractivity contribution in [3.05, 3.63) is 35.4 Å². The van der Waals surface area contributed by atoms with Crippen LogP contribution < -0.4 is 5.73 Å².